The minimum atomic E-state index is -3.69. The van der Waals surface area contributed by atoms with Crippen LogP contribution in [0.3, 0.4) is 0 Å². The van der Waals surface area contributed by atoms with Crippen molar-refractivity contribution in [3.63, 3.8) is 0 Å². The first-order valence-electron chi connectivity index (χ1n) is 5.48. The molecule has 0 aliphatic heterocycles. The number of sulfone groups is 1. The molecule has 1 unspecified atom stereocenters. The highest BCUT2D eigenvalue weighted by molar-refractivity contribution is 7.92. The monoisotopic (exact) mass is 265 g/mol. The highest BCUT2D eigenvalue weighted by Gasteiger charge is 2.30. The van der Waals surface area contributed by atoms with Crippen molar-refractivity contribution in [1.29, 1.82) is 0 Å². The number of nitrogens with zero attached hydrogens (tertiary/aromatic N) is 1. The van der Waals surface area contributed by atoms with Crippen molar-refractivity contribution in [3.8, 4) is 0 Å². The lowest BCUT2D eigenvalue weighted by molar-refractivity contribution is -0.136. The lowest BCUT2D eigenvalue weighted by Crippen LogP contribution is -2.42. The molecule has 0 aromatic heterocycles. The van der Waals surface area contributed by atoms with Gasteiger partial charge < -0.3 is 10.0 Å². The summed E-state index contributed by atoms with van der Waals surface area (Å²) in [4.78, 5) is 23.5. The van der Waals surface area contributed by atoms with Crippen LogP contribution in [0.25, 0.3) is 0 Å². The molecular formula is C10H19NO5S. The molecule has 1 atom stereocenters. The Morgan fingerprint density at radius 2 is 1.71 bits per heavy atom. The zero-order valence-electron chi connectivity index (χ0n) is 10.3. The number of hydrogen-bond donors (Lipinski definition) is 1. The molecule has 0 aromatic carbocycles. The number of hydrogen-bond acceptors (Lipinski definition) is 4. The maximum absolute atomic E-state index is 11.8. The van der Waals surface area contributed by atoms with Gasteiger partial charge in [-0.3, -0.25) is 9.59 Å². The third kappa shape index (κ3) is 4.72. The SMILES string of the molecule is CCN(CC)C(=O)C(C)S(=O)(=O)CCC(=O)O. The van der Waals surface area contributed by atoms with Crippen LogP contribution < -0.4 is 0 Å². The Labute approximate surface area is 102 Å². The topological polar surface area (TPSA) is 91.8 Å². The van der Waals surface area contributed by atoms with Crippen molar-refractivity contribution >= 4 is 21.7 Å². The number of amides is 1. The number of carbonyl (C=O) groups is 2. The predicted octanol–water partition coefficient (Wildman–Crippen LogP) is 0.133. The Hall–Kier alpha value is -1.11. The van der Waals surface area contributed by atoms with Crippen molar-refractivity contribution in [2.45, 2.75) is 32.4 Å². The second-order valence-electron chi connectivity index (χ2n) is 3.66. The van der Waals surface area contributed by atoms with Crippen molar-refractivity contribution in [2.75, 3.05) is 18.8 Å². The summed E-state index contributed by atoms with van der Waals surface area (Å²) in [7, 11) is -3.69. The molecule has 0 aliphatic rings. The first-order valence-corrected chi connectivity index (χ1v) is 7.19. The van der Waals surface area contributed by atoms with E-state index in [1.165, 1.54) is 11.8 Å². The van der Waals surface area contributed by atoms with Crippen LogP contribution in [0.15, 0.2) is 0 Å². The summed E-state index contributed by atoms with van der Waals surface area (Å²) < 4.78 is 23.4. The number of carboxylic acids is 1. The molecule has 0 heterocycles. The fourth-order valence-electron chi connectivity index (χ4n) is 1.35. The van der Waals surface area contributed by atoms with Gasteiger partial charge >= 0.3 is 5.97 Å². The molecular weight excluding hydrogens is 246 g/mol. The van der Waals surface area contributed by atoms with E-state index in [2.05, 4.69) is 0 Å². The molecule has 6 nitrogen and oxygen atoms in total. The summed E-state index contributed by atoms with van der Waals surface area (Å²) in [6, 6.07) is 0. The first kappa shape index (κ1) is 15.9. The maximum Gasteiger partial charge on any atom is 0.304 e. The largest absolute Gasteiger partial charge is 0.481 e. The van der Waals surface area contributed by atoms with Gasteiger partial charge in [-0.1, -0.05) is 0 Å². The van der Waals surface area contributed by atoms with E-state index < -0.39 is 39.1 Å². The molecule has 7 heteroatoms. The minimum Gasteiger partial charge on any atom is -0.481 e. The molecule has 17 heavy (non-hydrogen) atoms. The Morgan fingerprint density at radius 1 is 1.24 bits per heavy atom. The van der Waals surface area contributed by atoms with Crippen LogP contribution in [0.1, 0.15) is 27.2 Å². The van der Waals surface area contributed by atoms with Crippen LogP contribution in [0.4, 0.5) is 0 Å². The Kier molecular flexibility index (Phi) is 6.15. The van der Waals surface area contributed by atoms with Gasteiger partial charge in [0.15, 0.2) is 9.84 Å². The molecule has 0 aliphatic carbocycles. The van der Waals surface area contributed by atoms with Gasteiger partial charge in [0.1, 0.15) is 5.25 Å². The first-order chi connectivity index (χ1) is 7.76. The molecule has 0 bridgehead atoms. The molecule has 0 fully saturated rings. The Balaban J connectivity index is 4.73. The van der Waals surface area contributed by atoms with E-state index in [0.29, 0.717) is 13.1 Å². The summed E-state index contributed by atoms with van der Waals surface area (Å²) in [6.45, 7) is 5.70. The average Bonchev–Trinajstić information content (AvgIpc) is 2.27. The lowest BCUT2D eigenvalue weighted by atomic mass is 10.4. The van der Waals surface area contributed by atoms with Crippen molar-refractivity contribution < 1.29 is 23.1 Å². The summed E-state index contributed by atoms with van der Waals surface area (Å²) in [5.74, 6) is -2.16. The highest BCUT2D eigenvalue weighted by Crippen LogP contribution is 2.08. The van der Waals surface area contributed by atoms with Crippen LogP contribution in [0.5, 0.6) is 0 Å². The third-order valence-electron chi connectivity index (χ3n) is 2.56. The van der Waals surface area contributed by atoms with Crippen molar-refractivity contribution in [2.24, 2.45) is 0 Å². The molecule has 1 amide bonds. The summed E-state index contributed by atoms with van der Waals surface area (Å²) in [5, 5.41) is 7.26. The number of carboxylic acid groups (broad SMARTS) is 1. The quantitative estimate of drug-likeness (QED) is 0.706. The van der Waals surface area contributed by atoms with E-state index in [1.54, 1.807) is 13.8 Å². The molecule has 0 radical (unpaired) electrons. The Morgan fingerprint density at radius 3 is 2.06 bits per heavy atom. The van der Waals surface area contributed by atoms with Gasteiger partial charge in [0.25, 0.3) is 0 Å². The normalized spacial score (nSPS) is 13.1. The maximum atomic E-state index is 11.8. The van der Waals surface area contributed by atoms with E-state index >= 15 is 0 Å². The smallest absolute Gasteiger partial charge is 0.304 e. The van der Waals surface area contributed by atoms with E-state index in [4.69, 9.17) is 5.11 Å². The highest BCUT2D eigenvalue weighted by atomic mass is 32.2. The zero-order chi connectivity index (χ0) is 13.6. The van der Waals surface area contributed by atoms with Gasteiger partial charge in [-0.2, -0.15) is 0 Å². The Bertz CT molecular complexity index is 372. The van der Waals surface area contributed by atoms with Gasteiger partial charge in [-0.25, -0.2) is 8.42 Å². The summed E-state index contributed by atoms with van der Waals surface area (Å²) in [5.41, 5.74) is 0. The van der Waals surface area contributed by atoms with E-state index in [-0.39, 0.29) is 0 Å². The van der Waals surface area contributed by atoms with Gasteiger partial charge in [-0.15, -0.1) is 0 Å². The molecule has 0 spiro atoms. The van der Waals surface area contributed by atoms with Crippen LogP contribution in [-0.2, 0) is 19.4 Å². The number of carbonyl (C=O) groups excluding carboxylic acids is 1. The van der Waals surface area contributed by atoms with Crippen molar-refractivity contribution in [3.05, 3.63) is 0 Å². The fourth-order valence-corrected chi connectivity index (χ4v) is 2.62. The fraction of sp³-hybridized carbons (Fsp3) is 0.800. The zero-order valence-corrected chi connectivity index (χ0v) is 11.2. The average molecular weight is 265 g/mol. The van der Waals surface area contributed by atoms with E-state index in [1.807, 2.05) is 0 Å². The molecule has 0 saturated carbocycles. The second kappa shape index (κ2) is 6.58. The third-order valence-corrected chi connectivity index (χ3v) is 4.61. The van der Waals surface area contributed by atoms with E-state index in [9.17, 15) is 18.0 Å². The second-order valence-corrected chi connectivity index (χ2v) is 6.10. The van der Waals surface area contributed by atoms with E-state index in [0.717, 1.165) is 0 Å². The molecule has 0 rings (SSSR count). The standard InChI is InChI=1S/C10H19NO5S/c1-4-11(5-2)10(14)8(3)17(15,16)7-6-9(12)13/h8H,4-7H2,1-3H3,(H,12,13). The number of aliphatic carboxylic acids is 1. The van der Waals surface area contributed by atoms with Crippen LogP contribution in [0, 0.1) is 0 Å². The summed E-state index contributed by atoms with van der Waals surface area (Å²) >= 11 is 0. The van der Waals surface area contributed by atoms with Gasteiger partial charge in [-0.05, 0) is 20.8 Å². The lowest BCUT2D eigenvalue weighted by Gasteiger charge is -2.22. The van der Waals surface area contributed by atoms with Gasteiger partial charge in [0, 0.05) is 13.1 Å². The minimum absolute atomic E-state index is 0.439. The van der Waals surface area contributed by atoms with Gasteiger partial charge in [0.2, 0.25) is 5.91 Å². The van der Waals surface area contributed by atoms with Crippen molar-refractivity contribution in [1.82, 2.24) is 4.90 Å². The molecule has 100 valence electrons. The molecule has 0 aromatic rings. The predicted molar refractivity (Wildman–Crippen MR) is 63.4 cm³/mol. The summed E-state index contributed by atoms with van der Waals surface area (Å²) in [6.07, 6.45) is -0.474. The molecule has 0 saturated heterocycles. The van der Waals surface area contributed by atoms with Crippen LogP contribution >= 0.6 is 0 Å². The van der Waals surface area contributed by atoms with Crippen LogP contribution in [-0.4, -0.2) is 54.4 Å². The van der Waals surface area contributed by atoms with Gasteiger partial charge in [0.05, 0.1) is 12.2 Å². The molecule has 1 N–H and O–H groups in total. The van der Waals surface area contributed by atoms with Crippen LogP contribution in [0.2, 0.25) is 0 Å². The number of rotatable bonds is 7.